The predicted octanol–water partition coefficient (Wildman–Crippen LogP) is 2.62. The Bertz CT molecular complexity index is 460. The van der Waals surface area contributed by atoms with Crippen LogP contribution in [0.2, 0.25) is 0 Å². The van der Waals surface area contributed by atoms with Gasteiger partial charge in [-0.25, -0.2) is 0 Å². The Kier molecular flexibility index (Phi) is 2.17. The van der Waals surface area contributed by atoms with Crippen LogP contribution in [0.15, 0.2) is 18.2 Å². The molecule has 2 heterocycles. The van der Waals surface area contributed by atoms with Crippen LogP contribution in [0.1, 0.15) is 32.3 Å². The van der Waals surface area contributed by atoms with Gasteiger partial charge in [0.05, 0.1) is 6.10 Å². The molecule has 0 aliphatic carbocycles. The van der Waals surface area contributed by atoms with Crippen molar-refractivity contribution < 1.29 is 9.84 Å². The van der Waals surface area contributed by atoms with Crippen molar-refractivity contribution in [1.29, 1.82) is 0 Å². The molecule has 0 saturated carbocycles. The lowest BCUT2D eigenvalue weighted by molar-refractivity contribution is 0.0349. The number of ether oxygens (including phenoxy) is 1. The molecule has 3 atom stereocenters. The second-order valence-electron chi connectivity index (χ2n) is 5.45. The highest BCUT2D eigenvalue weighted by atomic mass is 16.5. The van der Waals surface area contributed by atoms with Crippen LogP contribution in [0.25, 0.3) is 0 Å². The van der Waals surface area contributed by atoms with Crippen LogP contribution >= 0.6 is 0 Å². The Morgan fingerprint density at radius 1 is 1.53 bits per heavy atom. The van der Waals surface area contributed by atoms with E-state index in [1.54, 1.807) is 6.07 Å². The molecule has 3 nitrogen and oxygen atoms in total. The van der Waals surface area contributed by atoms with Crippen molar-refractivity contribution in [1.82, 2.24) is 0 Å². The van der Waals surface area contributed by atoms with Crippen LogP contribution in [0.3, 0.4) is 0 Å². The Hall–Kier alpha value is -1.22. The first-order chi connectivity index (χ1) is 8.06. The van der Waals surface area contributed by atoms with Gasteiger partial charge in [-0.1, -0.05) is 13.8 Å². The first kappa shape index (κ1) is 10.9. The summed E-state index contributed by atoms with van der Waals surface area (Å²) in [5.41, 5.74) is 2.43. The number of phenols is 1. The largest absolute Gasteiger partial charge is 0.508 e. The molecule has 3 heteroatoms. The van der Waals surface area contributed by atoms with E-state index in [2.05, 4.69) is 25.8 Å². The number of likely N-dealkylation sites (N-methyl/N-ethyl adjacent to an activating group) is 1. The van der Waals surface area contributed by atoms with E-state index in [4.69, 9.17) is 4.74 Å². The van der Waals surface area contributed by atoms with E-state index >= 15 is 0 Å². The van der Waals surface area contributed by atoms with Gasteiger partial charge >= 0.3 is 0 Å². The number of hydrogen-bond acceptors (Lipinski definition) is 3. The Labute approximate surface area is 102 Å². The molecule has 1 aromatic carbocycles. The van der Waals surface area contributed by atoms with Gasteiger partial charge in [-0.15, -0.1) is 0 Å². The number of phenolic OH excluding ortho intramolecular Hbond substituents is 1. The lowest BCUT2D eigenvalue weighted by atomic mass is 9.80. The highest BCUT2D eigenvalue weighted by Gasteiger charge is 2.53. The molecule has 0 bridgehead atoms. The molecular formula is C14H19NO2. The molecule has 0 aromatic heterocycles. The minimum Gasteiger partial charge on any atom is -0.508 e. The fraction of sp³-hybridized carbons (Fsp3) is 0.571. The van der Waals surface area contributed by atoms with Gasteiger partial charge in [0.1, 0.15) is 12.0 Å². The average Bonchev–Trinajstić information content (AvgIpc) is 2.74. The zero-order chi connectivity index (χ0) is 12.2. The van der Waals surface area contributed by atoms with Gasteiger partial charge in [-0.05, 0) is 36.6 Å². The highest BCUT2D eigenvalue weighted by Crippen LogP contribution is 2.53. The van der Waals surface area contributed by atoms with Crippen LogP contribution < -0.4 is 4.90 Å². The first-order valence-corrected chi connectivity index (χ1v) is 6.28. The summed E-state index contributed by atoms with van der Waals surface area (Å²) >= 11 is 0. The number of aromatic hydroxyl groups is 1. The quantitative estimate of drug-likeness (QED) is 0.809. The standard InChI is InChI=1S/C14H19NO2/c1-4-10-8-14(2)11-7-9(16)5-6-12(11)15(3)13(14)17-10/h5-7,10,13,16H,4,8H2,1-3H3/t10-,13+,14+/m1/s1. The monoisotopic (exact) mass is 233 g/mol. The number of anilines is 1. The third-order valence-electron chi connectivity index (χ3n) is 4.30. The number of fused-ring (bicyclic) bond motifs is 3. The molecule has 17 heavy (non-hydrogen) atoms. The van der Waals surface area contributed by atoms with Gasteiger partial charge in [0.15, 0.2) is 0 Å². The molecule has 2 aliphatic rings. The fourth-order valence-electron chi connectivity index (χ4n) is 3.37. The number of hydrogen-bond donors (Lipinski definition) is 1. The van der Waals surface area contributed by atoms with E-state index in [-0.39, 0.29) is 11.6 Å². The van der Waals surface area contributed by atoms with Crippen molar-refractivity contribution >= 4 is 5.69 Å². The van der Waals surface area contributed by atoms with E-state index in [9.17, 15) is 5.11 Å². The smallest absolute Gasteiger partial charge is 0.139 e. The van der Waals surface area contributed by atoms with E-state index in [0.29, 0.717) is 11.9 Å². The Morgan fingerprint density at radius 2 is 2.29 bits per heavy atom. The maximum absolute atomic E-state index is 9.68. The van der Waals surface area contributed by atoms with Crippen molar-refractivity contribution in [2.24, 2.45) is 0 Å². The molecule has 92 valence electrons. The van der Waals surface area contributed by atoms with Gasteiger partial charge in [0.25, 0.3) is 0 Å². The SMILES string of the molecule is CC[C@@H]1C[C@@]2(C)c3cc(O)ccc3N(C)[C@H]2O1. The normalized spacial score (nSPS) is 34.9. The van der Waals surface area contributed by atoms with Crippen LogP contribution in [0, 0.1) is 0 Å². The molecule has 3 rings (SSSR count). The lowest BCUT2D eigenvalue weighted by Crippen LogP contribution is -2.37. The third-order valence-corrected chi connectivity index (χ3v) is 4.30. The summed E-state index contributed by atoms with van der Waals surface area (Å²) in [5.74, 6) is 0.346. The van der Waals surface area contributed by atoms with Crippen LogP contribution in [0.5, 0.6) is 5.75 Å². The Balaban J connectivity index is 2.10. The summed E-state index contributed by atoms with van der Waals surface area (Å²) in [5, 5.41) is 9.68. The van der Waals surface area contributed by atoms with Crippen molar-refractivity contribution in [3.8, 4) is 5.75 Å². The van der Waals surface area contributed by atoms with Gasteiger partial charge in [0, 0.05) is 18.2 Å². The maximum atomic E-state index is 9.68. The van der Waals surface area contributed by atoms with Gasteiger partial charge in [-0.3, -0.25) is 0 Å². The predicted molar refractivity (Wildman–Crippen MR) is 67.4 cm³/mol. The first-order valence-electron chi connectivity index (χ1n) is 6.28. The average molecular weight is 233 g/mol. The molecule has 0 unspecified atom stereocenters. The number of rotatable bonds is 1. The highest BCUT2D eigenvalue weighted by molar-refractivity contribution is 5.65. The van der Waals surface area contributed by atoms with Gasteiger partial charge in [-0.2, -0.15) is 0 Å². The second-order valence-corrected chi connectivity index (χ2v) is 5.45. The number of benzene rings is 1. The van der Waals surface area contributed by atoms with E-state index in [1.165, 1.54) is 11.3 Å². The van der Waals surface area contributed by atoms with E-state index in [0.717, 1.165) is 12.8 Å². The molecule has 1 aromatic rings. The molecule has 0 radical (unpaired) electrons. The van der Waals surface area contributed by atoms with Crippen molar-refractivity contribution in [3.05, 3.63) is 23.8 Å². The van der Waals surface area contributed by atoms with Crippen molar-refractivity contribution in [2.75, 3.05) is 11.9 Å². The molecule has 0 spiro atoms. The third kappa shape index (κ3) is 1.32. The Morgan fingerprint density at radius 3 is 3.00 bits per heavy atom. The van der Waals surface area contributed by atoms with Crippen molar-refractivity contribution in [2.45, 2.75) is 44.4 Å². The summed E-state index contributed by atoms with van der Waals surface area (Å²) in [6, 6.07) is 5.63. The minimum atomic E-state index is 0.0174. The molecule has 1 saturated heterocycles. The molecule has 1 N–H and O–H groups in total. The molecule has 1 fully saturated rings. The second kappa shape index (κ2) is 3.39. The topological polar surface area (TPSA) is 32.7 Å². The van der Waals surface area contributed by atoms with Crippen LogP contribution in [-0.2, 0) is 10.2 Å². The lowest BCUT2D eigenvalue weighted by Gasteiger charge is -2.26. The van der Waals surface area contributed by atoms with Gasteiger partial charge < -0.3 is 14.7 Å². The zero-order valence-electron chi connectivity index (χ0n) is 10.6. The van der Waals surface area contributed by atoms with Crippen LogP contribution in [0.4, 0.5) is 5.69 Å². The zero-order valence-corrected chi connectivity index (χ0v) is 10.6. The van der Waals surface area contributed by atoms with Crippen LogP contribution in [-0.4, -0.2) is 24.5 Å². The van der Waals surface area contributed by atoms with E-state index in [1.807, 2.05) is 12.1 Å². The summed E-state index contributed by atoms with van der Waals surface area (Å²) in [6.45, 7) is 4.41. The molecule has 0 amide bonds. The summed E-state index contributed by atoms with van der Waals surface area (Å²) < 4.78 is 6.12. The maximum Gasteiger partial charge on any atom is 0.139 e. The summed E-state index contributed by atoms with van der Waals surface area (Å²) in [7, 11) is 2.07. The fourth-order valence-corrected chi connectivity index (χ4v) is 3.37. The van der Waals surface area contributed by atoms with Gasteiger partial charge in [0.2, 0.25) is 0 Å². The number of nitrogens with zero attached hydrogens (tertiary/aromatic N) is 1. The molecule has 2 aliphatic heterocycles. The van der Waals surface area contributed by atoms with E-state index < -0.39 is 0 Å². The van der Waals surface area contributed by atoms with Crippen molar-refractivity contribution in [3.63, 3.8) is 0 Å². The molecular weight excluding hydrogens is 214 g/mol. The summed E-state index contributed by atoms with van der Waals surface area (Å²) in [4.78, 5) is 2.20. The minimum absolute atomic E-state index is 0.0174. The summed E-state index contributed by atoms with van der Waals surface area (Å²) in [6.07, 6.45) is 2.54.